The molecule has 25 heavy (non-hydrogen) atoms. The molecule has 1 aliphatic heterocycles. The van der Waals surface area contributed by atoms with E-state index in [9.17, 15) is 0 Å². The molecule has 0 radical (unpaired) electrons. The molecule has 0 amide bonds. The van der Waals surface area contributed by atoms with E-state index in [1.165, 1.54) is 11.1 Å². The molecule has 1 aromatic carbocycles. The van der Waals surface area contributed by atoms with Gasteiger partial charge >= 0.3 is 0 Å². The van der Waals surface area contributed by atoms with E-state index >= 15 is 0 Å². The topological polar surface area (TPSA) is 48.9 Å². The van der Waals surface area contributed by atoms with E-state index in [4.69, 9.17) is 4.74 Å². The van der Waals surface area contributed by atoms with Crippen LogP contribution in [0.3, 0.4) is 0 Å². The third-order valence-electron chi connectivity index (χ3n) is 5.37. The Morgan fingerprint density at radius 1 is 1.28 bits per heavy atom. The Bertz CT molecular complexity index is 565. The van der Waals surface area contributed by atoms with Crippen molar-refractivity contribution in [2.75, 3.05) is 47.4 Å². The summed E-state index contributed by atoms with van der Waals surface area (Å²) in [6, 6.07) is 8.71. The van der Waals surface area contributed by atoms with E-state index in [1.54, 1.807) is 0 Å². The van der Waals surface area contributed by atoms with Crippen molar-refractivity contribution in [3.63, 3.8) is 0 Å². The van der Waals surface area contributed by atoms with Gasteiger partial charge in [0.25, 0.3) is 0 Å². The van der Waals surface area contributed by atoms with Crippen LogP contribution in [0.1, 0.15) is 36.8 Å². The minimum Gasteiger partial charge on any atom is -0.381 e. The molecule has 0 aliphatic carbocycles. The minimum absolute atomic E-state index is 0.137. The van der Waals surface area contributed by atoms with Crippen molar-refractivity contribution in [2.24, 2.45) is 4.99 Å². The Morgan fingerprint density at radius 2 is 2.00 bits per heavy atom. The highest BCUT2D eigenvalue weighted by Crippen LogP contribution is 2.25. The van der Waals surface area contributed by atoms with Gasteiger partial charge in [0.05, 0.1) is 0 Å². The van der Waals surface area contributed by atoms with Gasteiger partial charge in [0.2, 0.25) is 0 Å². The number of nitrogens with one attached hydrogen (secondary N) is 2. The maximum atomic E-state index is 5.55. The third kappa shape index (κ3) is 5.44. The van der Waals surface area contributed by atoms with Gasteiger partial charge in [0.1, 0.15) is 0 Å². The summed E-state index contributed by atoms with van der Waals surface area (Å²) in [6.07, 6.45) is 2.09. The molecule has 1 heterocycles. The number of aliphatic imine (C=N–C) groups is 1. The lowest BCUT2D eigenvalue weighted by Crippen LogP contribution is -2.57. The summed E-state index contributed by atoms with van der Waals surface area (Å²) in [5, 5.41) is 6.99. The maximum Gasteiger partial charge on any atom is 0.191 e. The van der Waals surface area contributed by atoms with Gasteiger partial charge in [-0.05, 0) is 45.3 Å². The average molecular weight is 347 g/mol. The predicted octanol–water partition coefficient (Wildman–Crippen LogP) is 2.37. The SMILES string of the molecule is CN=C(NCC(C)c1cccc(C)c1)NCC1(N(C)C)CCOCC1. The molecule has 0 aromatic heterocycles. The third-order valence-corrected chi connectivity index (χ3v) is 5.37. The Morgan fingerprint density at radius 3 is 2.60 bits per heavy atom. The molecule has 1 aromatic rings. The molecule has 0 saturated carbocycles. The van der Waals surface area contributed by atoms with Gasteiger partial charge < -0.3 is 20.3 Å². The first-order valence-corrected chi connectivity index (χ1v) is 9.23. The van der Waals surface area contributed by atoms with Crippen LogP contribution < -0.4 is 10.6 Å². The van der Waals surface area contributed by atoms with Gasteiger partial charge in [0, 0.05) is 38.9 Å². The normalized spacial score (nSPS) is 18.9. The van der Waals surface area contributed by atoms with Crippen molar-refractivity contribution < 1.29 is 4.74 Å². The zero-order valence-corrected chi connectivity index (χ0v) is 16.4. The van der Waals surface area contributed by atoms with E-state index in [0.29, 0.717) is 5.92 Å². The lowest BCUT2D eigenvalue weighted by atomic mass is 9.88. The maximum absolute atomic E-state index is 5.55. The number of hydrogen-bond acceptors (Lipinski definition) is 3. The Kier molecular flexibility index (Phi) is 7.26. The first-order chi connectivity index (χ1) is 12.0. The number of guanidine groups is 1. The van der Waals surface area contributed by atoms with E-state index in [0.717, 1.165) is 45.1 Å². The molecular weight excluding hydrogens is 312 g/mol. The summed E-state index contributed by atoms with van der Waals surface area (Å²) in [5.41, 5.74) is 2.80. The van der Waals surface area contributed by atoms with Gasteiger partial charge in [-0.2, -0.15) is 0 Å². The highest BCUT2D eigenvalue weighted by Gasteiger charge is 2.34. The van der Waals surface area contributed by atoms with Crippen molar-refractivity contribution in [3.05, 3.63) is 35.4 Å². The van der Waals surface area contributed by atoms with Crippen LogP contribution >= 0.6 is 0 Å². The summed E-state index contributed by atoms with van der Waals surface area (Å²) in [5.74, 6) is 1.30. The molecule has 1 unspecified atom stereocenters. The first kappa shape index (κ1) is 19.7. The van der Waals surface area contributed by atoms with Crippen molar-refractivity contribution in [1.29, 1.82) is 0 Å². The van der Waals surface area contributed by atoms with Crippen molar-refractivity contribution in [2.45, 2.75) is 38.1 Å². The molecule has 1 saturated heterocycles. The van der Waals surface area contributed by atoms with E-state index < -0.39 is 0 Å². The Balaban J connectivity index is 1.88. The molecule has 5 heteroatoms. The molecule has 140 valence electrons. The highest BCUT2D eigenvalue weighted by molar-refractivity contribution is 5.79. The Labute approximate surface area is 152 Å². The van der Waals surface area contributed by atoms with Crippen molar-refractivity contribution in [1.82, 2.24) is 15.5 Å². The van der Waals surface area contributed by atoms with Crippen LogP contribution in [0.25, 0.3) is 0 Å². The first-order valence-electron chi connectivity index (χ1n) is 9.23. The molecule has 1 aliphatic rings. The van der Waals surface area contributed by atoms with Gasteiger partial charge in [-0.1, -0.05) is 36.8 Å². The van der Waals surface area contributed by atoms with Gasteiger partial charge in [0.15, 0.2) is 5.96 Å². The molecule has 5 nitrogen and oxygen atoms in total. The van der Waals surface area contributed by atoms with Gasteiger partial charge in [-0.3, -0.25) is 4.99 Å². The number of rotatable bonds is 6. The van der Waals surface area contributed by atoms with Crippen LogP contribution in [0.2, 0.25) is 0 Å². The number of benzene rings is 1. The number of likely N-dealkylation sites (N-methyl/N-ethyl adjacent to an activating group) is 1. The van der Waals surface area contributed by atoms with E-state index in [2.05, 4.69) is 72.7 Å². The van der Waals surface area contributed by atoms with Crippen LogP contribution in [0.4, 0.5) is 0 Å². The van der Waals surface area contributed by atoms with Crippen molar-refractivity contribution in [3.8, 4) is 0 Å². The molecule has 2 N–H and O–H groups in total. The predicted molar refractivity (Wildman–Crippen MR) is 105 cm³/mol. The largest absolute Gasteiger partial charge is 0.381 e. The molecule has 0 bridgehead atoms. The van der Waals surface area contributed by atoms with Gasteiger partial charge in [-0.25, -0.2) is 0 Å². The van der Waals surface area contributed by atoms with Crippen molar-refractivity contribution >= 4 is 5.96 Å². The second-order valence-electron chi connectivity index (χ2n) is 7.35. The fourth-order valence-electron chi connectivity index (χ4n) is 3.35. The molecule has 1 atom stereocenters. The summed E-state index contributed by atoms with van der Waals surface area (Å²) in [4.78, 5) is 6.72. The quantitative estimate of drug-likeness (QED) is 0.613. The summed E-state index contributed by atoms with van der Waals surface area (Å²) < 4.78 is 5.55. The molecular formula is C20H34N4O. The average Bonchev–Trinajstić information content (AvgIpc) is 2.62. The minimum atomic E-state index is 0.137. The van der Waals surface area contributed by atoms with Crippen LogP contribution in [-0.4, -0.2) is 63.8 Å². The molecule has 0 spiro atoms. The standard InChI is InChI=1S/C20H34N4O/c1-16-7-6-8-18(13-16)17(2)14-22-19(21-3)23-15-20(24(4)5)9-11-25-12-10-20/h6-8,13,17H,9-12,14-15H2,1-5H3,(H2,21,22,23). The number of ether oxygens (including phenoxy) is 1. The summed E-state index contributed by atoms with van der Waals surface area (Å²) in [6.45, 7) is 7.78. The zero-order valence-electron chi connectivity index (χ0n) is 16.4. The fourth-order valence-corrected chi connectivity index (χ4v) is 3.35. The van der Waals surface area contributed by atoms with Gasteiger partial charge in [-0.15, -0.1) is 0 Å². The second kappa shape index (κ2) is 9.20. The monoisotopic (exact) mass is 346 g/mol. The summed E-state index contributed by atoms with van der Waals surface area (Å²) in [7, 11) is 6.14. The Hall–Kier alpha value is -1.59. The van der Waals surface area contributed by atoms with Crippen LogP contribution in [0, 0.1) is 6.92 Å². The van der Waals surface area contributed by atoms with E-state index in [-0.39, 0.29) is 5.54 Å². The fraction of sp³-hybridized carbons (Fsp3) is 0.650. The van der Waals surface area contributed by atoms with Crippen LogP contribution in [0.5, 0.6) is 0 Å². The summed E-state index contributed by atoms with van der Waals surface area (Å²) >= 11 is 0. The molecule has 1 fully saturated rings. The second-order valence-corrected chi connectivity index (χ2v) is 7.35. The number of hydrogen-bond donors (Lipinski definition) is 2. The number of aryl methyl sites for hydroxylation is 1. The molecule has 2 rings (SSSR count). The van der Waals surface area contributed by atoms with Crippen LogP contribution in [-0.2, 0) is 4.74 Å². The highest BCUT2D eigenvalue weighted by atomic mass is 16.5. The zero-order chi connectivity index (χ0) is 18.3. The smallest absolute Gasteiger partial charge is 0.191 e. The van der Waals surface area contributed by atoms with E-state index in [1.807, 2.05) is 7.05 Å². The number of nitrogens with zero attached hydrogens (tertiary/aromatic N) is 2. The van der Waals surface area contributed by atoms with Crippen LogP contribution in [0.15, 0.2) is 29.3 Å². The lowest BCUT2D eigenvalue weighted by molar-refractivity contribution is -0.00501. The lowest BCUT2D eigenvalue weighted by Gasteiger charge is -2.43.